The number of benzene rings is 1. The molecule has 0 spiro atoms. The van der Waals surface area contributed by atoms with E-state index in [-0.39, 0.29) is 11.7 Å². The van der Waals surface area contributed by atoms with Gasteiger partial charge in [0.25, 0.3) is 0 Å². The van der Waals surface area contributed by atoms with Gasteiger partial charge in [0.1, 0.15) is 23.0 Å². The molecule has 0 unspecified atom stereocenters. The maximum absolute atomic E-state index is 13.1. The SMILES string of the molecule is CC[C@@H]1CN(c2nc(=O)n(Cc3ccc(OC)cc3)c3ccc(C#N)nc23)[C@@H](C)CN1. The summed E-state index contributed by atoms with van der Waals surface area (Å²) in [6, 6.07) is 13.6. The molecule has 0 amide bonds. The van der Waals surface area contributed by atoms with Crippen molar-refractivity contribution >= 4 is 16.9 Å². The van der Waals surface area contributed by atoms with Crippen LogP contribution in [0.4, 0.5) is 5.82 Å². The molecule has 31 heavy (non-hydrogen) atoms. The number of nitrogens with one attached hydrogen (secondary N) is 1. The Morgan fingerprint density at radius 1 is 1.23 bits per heavy atom. The Balaban J connectivity index is 1.84. The lowest BCUT2D eigenvalue weighted by molar-refractivity contribution is 0.395. The fourth-order valence-corrected chi connectivity index (χ4v) is 3.97. The molecule has 3 heterocycles. The molecule has 1 aliphatic heterocycles. The van der Waals surface area contributed by atoms with E-state index in [1.54, 1.807) is 23.8 Å². The highest BCUT2D eigenvalue weighted by Gasteiger charge is 2.28. The Morgan fingerprint density at radius 3 is 2.68 bits per heavy atom. The van der Waals surface area contributed by atoms with Gasteiger partial charge in [0.05, 0.1) is 19.2 Å². The normalized spacial score (nSPS) is 18.7. The van der Waals surface area contributed by atoms with Crippen LogP contribution >= 0.6 is 0 Å². The summed E-state index contributed by atoms with van der Waals surface area (Å²) in [7, 11) is 1.62. The van der Waals surface area contributed by atoms with Crippen molar-refractivity contribution in [3.8, 4) is 11.8 Å². The molecule has 1 fully saturated rings. The van der Waals surface area contributed by atoms with E-state index < -0.39 is 0 Å². The van der Waals surface area contributed by atoms with E-state index in [1.165, 1.54) is 0 Å². The van der Waals surface area contributed by atoms with Crippen LogP contribution in [0.15, 0.2) is 41.2 Å². The number of rotatable bonds is 5. The van der Waals surface area contributed by atoms with Gasteiger partial charge in [-0.3, -0.25) is 4.57 Å². The van der Waals surface area contributed by atoms with Gasteiger partial charge in [0.2, 0.25) is 0 Å². The van der Waals surface area contributed by atoms with E-state index in [0.717, 1.165) is 30.8 Å². The summed E-state index contributed by atoms with van der Waals surface area (Å²) in [5, 5.41) is 12.9. The molecule has 4 rings (SSSR count). The summed E-state index contributed by atoms with van der Waals surface area (Å²) in [6.45, 7) is 6.13. The first-order valence-corrected chi connectivity index (χ1v) is 10.5. The lowest BCUT2D eigenvalue weighted by atomic mass is 10.1. The Hall–Kier alpha value is -3.44. The maximum atomic E-state index is 13.1. The highest BCUT2D eigenvalue weighted by Crippen LogP contribution is 2.26. The summed E-state index contributed by atoms with van der Waals surface area (Å²) >= 11 is 0. The van der Waals surface area contributed by atoms with Crippen molar-refractivity contribution in [1.82, 2.24) is 19.9 Å². The minimum atomic E-state index is -0.330. The molecular weight excluding hydrogens is 392 g/mol. The van der Waals surface area contributed by atoms with Crippen LogP contribution in [0.3, 0.4) is 0 Å². The molecular formula is C23H26N6O2. The lowest BCUT2D eigenvalue weighted by Crippen LogP contribution is -2.56. The highest BCUT2D eigenvalue weighted by molar-refractivity contribution is 5.86. The molecule has 8 nitrogen and oxygen atoms in total. The van der Waals surface area contributed by atoms with Gasteiger partial charge in [-0.25, -0.2) is 9.78 Å². The Kier molecular flexibility index (Phi) is 5.87. The second kappa shape index (κ2) is 8.74. The smallest absolute Gasteiger partial charge is 0.350 e. The van der Waals surface area contributed by atoms with E-state index >= 15 is 0 Å². The first kappa shape index (κ1) is 20.8. The molecule has 160 valence electrons. The number of ether oxygens (including phenoxy) is 1. The van der Waals surface area contributed by atoms with Crippen LogP contribution < -0.4 is 20.6 Å². The average molecular weight is 419 g/mol. The summed E-state index contributed by atoms with van der Waals surface area (Å²) in [5.74, 6) is 1.31. The maximum Gasteiger partial charge on any atom is 0.350 e. The molecule has 0 bridgehead atoms. The topological polar surface area (TPSA) is 96.1 Å². The number of hydrogen-bond donors (Lipinski definition) is 1. The zero-order valence-corrected chi connectivity index (χ0v) is 18.0. The number of fused-ring (bicyclic) bond motifs is 1. The quantitative estimate of drug-likeness (QED) is 0.679. The van der Waals surface area contributed by atoms with Crippen molar-refractivity contribution in [3.63, 3.8) is 0 Å². The van der Waals surface area contributed by atoms with Crippen molar-refractivity contribution in [1.29, 1.82) is 5.26 Å². The van der Waals surface area contributed by atoms with Crippen molar-refractivity contribution < 1.29 is 4.74 Å². The third-order valence-electron chi connectivity index (χ3n) is 5.84. The Bertz CT molecular complexity index is 1180. The predicted octanol–water partition coefficient (Wildman–Crippen LogP) is 2.30. The van der Waals surface area contributed by atoms with Gasteiger partial charge in [0, 0.05) is 25.2 Å². The van der Waals surface area contributed by atoms with Gasteiger partial charge in [-0.05, 0) is 43.2 Å². The molecule has 0 aliphatic carbocycles. The van der Waals surface area contributed by atoms with Gasteiger partial charge >= 0.3 is 5.69 Å². The molecule has 1 saturated heterocycles. The lowest BCUT2D eigenvalue weighted by Gasteiger charge is -2.39. The summed E-state index contributed by atoms with van der Waals surface area (Å²) < 4.78 is 6.83. The van der Waals surface area contributed by atoms with Gasteiger partial charge in [0.15, 0.2) is 5.82 Å². The van der Waals surface area contributed by atoms with Gasteiger partial charge < -0.3 is 15.0 Å². The third kappa shape index (κ3) is 4.09. The number of anilines is 1. The van der Waals surface area contributed by atoms with Crippen LogP contribution in [-0.2, 0) is 6.54 Å². The number of pyridine rings is 1. The molecule has 1 N–H and O–H groups in total. The number of piperazine rings is 1. The first-order valence-electron chi connectivity index (χ1n) is 10.5. The van der Waals surface area contributed by atoms with Crippen LogP contribution in [-0.4, -0.2) is 46.8 Å². The second-order valence-electron chi connectivity index (χ2n) is 7.84. The zero-order chi connectivity index (χ0) is 22.0. The van der Waals surface area contributed by atoms with Crippen LogP contribution in [0, 0.1) is 11.3 Å². The number of nitrogens with zero attached hydrogens (tertiary/aromatic N) is 5. The predicted molar refractivity (Wildman–Crippen MR) is 119 cm³/mol. The average Bonchev–Trinajstić information content (AvgIpc) is 2.81. The zero-order valence-electron chi connectivity index (χ0n) is 18.0. The summed E-state index contributed by atoms with van der Waals surface area (Å²) in [5.41, 5.74) is 2.17. The Morgan fingerprint density at radius 2 is 2.00 bits per heavy atom. The van der Waals surface area contributed by atoms with Gasteiger partial charge in [-0.1, -0.05) is 19.1 Å². The van der Waals surface area contributed by atoms with Crippen LogP contribution in [0.2, 0.25) is 0 Å². The minimum Gasteiger partial charge on any atom is -0.497 e. The largest absolute Gasteiger partial charge is 0.497 e. The summed E-state index contributed by atoms with van der Waals surface area (Å²) in [6.07, 6.45) is 0.979. The monoisotopic (exact) mass is 418 g/mol. The van der Waals surface area contributed by atoms with Crippen molar-refractivity contribution in [2.75, 3.05) is 25.1 Å². The van der Waals surface area contributed by atoms with E-state index in [9.17, 15) is 10.1 Å². The minimum absolute atomic E-state index is 0.155. The molecule has 8 heteroatoms. The molecule has 3 aromatic rings. The fraction of sp³-hybridized carbons (Fsp3) is 0.391. The molecule has 0 saturated carbocycles. The van der Waals surface area contributed by atoms with E-state index in [0.29, 0.717) is 35.1 Å². The number of hydrogen-bond acceptors (Lipinski definition) is 7. The Labute approximate surface area is 181 Å². The number of aromatic nitrogens is 3. The first-order chi connectivity index (χ1) is 15.0. The van der Waals surface area contributed by atoms with Gasteiger partial charge in [-0.2, -0.15) is 10.2 Å². The van der Waals surface area contributed by atoms with Crippen LogP contribution in [0.1, 0.15) is 31.5 Å². The molecule has 2 atom stereocenters. The number of nitriles is 1. The molecule has 1 aromatic carbocycles. The standard InChI is InChI=1S/C23H26N6O2/c1-4-17-14-28(15(2)12-25-17)22-21-20(10-7-18(11-24)26-21)29(23(30)27-22)13-16-5-8-19(31-3)9-6-16/h5-10,15,17,25H,4,12-14H2,1-3H3/t15-,17+/m0/s1. The second-order valence-corrected chi connectivity index (χ2v) is 7.84. The van der Waals surface area contributed by atoms with E-state index in [4.69, 9.17) is 4.74 Å². The molecule has 2 aromatic heterocycles. The van der Waals surface area contributed by atoms with Crippen molar-refractivity contribution in [2.24, 2.45) is 0 Å². The third-order valence-corrected chi connectivity index (χ3v) is 5.84. The summed E-state index contributed by atoms with van der Waals surface area (Å²) in [4.78, 5) is 24.3. The molecule has 1 aliphatic rings. The van der Waals surface area contributed by atoms with Gasteiger partial charge in [-0.15, -0.1) is 0 Å². The molecule has 0 radical (unpaired) electrons. The van der Waals surface area contributed by atoms with Crippen molar-refractivity contribution in [3.05, 3.63) is 58.1 Å². The fourth-order valence-electron chi connectivity index (χ4n) is 3.97. The van der Waals surface area contributed by atoms with E-state index in [1.807, 2.05) is 24.3 Å². The highest BCUT2D eigenvalue weighted by atomic mass is 16.5. The number of methoxy groups -OCH3 is 1. The van der Waals surface area contributed by atoms with Crippen LogP contribution in [0.25, 0.3) is 11.0 Å². The van der Waals surface area contributed by atoms with Crippen LogP contribution in [0.5, 0.6) is 5.75 Å². The van der Waals surface area contributed by atoms with Crippen molar-refractivity contribution in [2.45, 2.75) is 38.9 Å². The van der Waals surface area contributed by atoms with E-state index in [2.05, 4.69) is 40.1 Å².